The van der Waals surface area contributed by atoms with Crippen LogP contribution >= 0.6 is 24.0 Å². The first-order valence-electron chi connectivity index (χ1n) is 9.60. The van der Waals surface area contributed by atoms with E-state index in [-0.39, 0.29) is 30.1 Å². The van der Waals surface area contributed by atoms with E-state index in [1.165, 1.54) is 0 Å². The number of fused-ring (bicyclic) bond motifs is 1. The van der Waals surface area contributed by atoms with E-state index in [0.717, 1.165) is 37.0 Å². The Labute approximate surface area is 181 Å². The second kappa shape index (κ2) is 12.3. The van der Waals surface area contributed by atoms with Crippen molar-refractivity contribution < 1.29 is 9.47 Å². The quantitative estimate of drug-likeness (QED) is 0.254. The van der Waals surface area contributed by atoms with Gasteiger partial charge in [-0.3, -0.25) is 9.89 Å². The normalized spacial score (nSPS) is 16.4. The van der Waals surface area contributed by atoms with Gasteiger partial charge in [-0.15, -0.1) is 24.0 Å². The van der Waals surface area contributed by atoms with E-state index < -0.39 is 0 Å². The summed E-state index contributed by atoms with van der Waals surface area (Å²) < 4.78 is 11.7. The van der Waals surface area contributed by atoms with Gasteiger partial charge >= 0.3 is 0 Å². The van der Waals surface area contributed by atoms with Gasteiger partial charge in [-0.1, -0.05) is 12.1 Å². The fourth-order valence-electron chi connectivity index (χ4n) is 3.18. The van der Waals surface area contributed by atoms with E-state index in [1.54, 1.807) is 7.05 Å². The molecule has 6 nitrogen and oxygen atoms in total. The standard InChI is InChI=1S/C20H34N4O2.HI/c1-15(2)24(16(3)4)12-8-11-22-20(21-5)23-13-17-14-25-18-9-6-7-10-19(18)26-17;/h6-7,9-10,15-17H,8,11-14H2,1-5H3,(H2,21,22,23);1H. The van der Waals surface area contributed by atoms with Crippen molar-refractivity contribution in [2.45, 2.75) is 52.3 Å². The third-order valence-electron chi connectivity index (χ3n) is 4.50. The zero-order chi connectivity index (χ0) is 18.9. The summed E-state index contributed by atoms with van der Waals surface area (Å²) in [6.45, 7) is 12.2. The van der Waals surface area contributed by atoms with Crippen molar-refractivity contribution in [1.29, 1.82) is 0 Å². The van der Waals surface area contributed by atoms with Crippen molar-refractivity contribution in [3.05, 3.63) is 24.3 Å². The number of nitrogens with zero attached hydrogens (tertiary/aromatic N) is 2. The molecular formula is C20H35IN4O2. The largest absolute Gasteiger partial charge is 0.486 e. The lowest BCUT2D eigenvalue weighted by molar-refractivity contribution is 0.0936. The highest BCUT2D eigenvalue weighted by atomic mass is 127. The van der Waals surface area contributed by atoms with Crippen LogP contribution in [0.1, 0.15) is 34.1 Å². The first kappa shape index (κ1) is 23.8. The molecule has 27 heavy (non-hydrogen) atoms. The van der Waals surface area contributed by atoms with Gasteiger partial charge in [-0.05, 0) is 46.2 Å². The second-order valence-corrected chi connectivity index (χ2v) is 7.16. The molecular weight excluding hydrogens is 455 g/mol. The molecule has 0 aromatic heterocycles. The average Bonchev–Trinajstić information content (AvgIpc) is 2.63. The van der Waals surface area contributed by atoms with Crippen LogP contribution in [-0.4, -0.2) is 62.3 Å². The van der Waals surface area contributed by atoms with E-state index in [1.807, 2.05) is 24.3 Å². The Bertz CT molecular complexity index is 573. The lowest BCUT2D eigenvalue weighted by atomic mass is 10.2. The fraction of sp³-hybridized carbons (Fsp3) is 0.650. The second-order valence-electron chi connectivity index (χ2n) is 7.16. The van der Waals surface area contributed by atoms with Gasteiger partial charge in [-0.2, -0.15) is 0 Å². The highest BCUT2D eigenvalue weighted by Gasteiger charge is 2.20. The van der Waals surface area contributed by atoms with Crippen LogP contribution in [0.15, 0.2) is 29.3 Å². The third kappa shape index (κ3) is 7.73. The molecule has 0 saturated carbocycles. The number of hydrogen-bond donors (Lipinski definition) is 2. The lowest BCUT2D eigenvalue weighted by Crippen LogP contribution is -2.46. The first-order chi connectivity index (χ1) is 12.5. The summed E-state index contributed by atoms with van der Waals surface area (Å²) in [6, 6.07) is 8.90. The number of guanidine groups is 1. The summed E-state index contributed by atoms with van der Waals surface area (Å²) in [7, 11) is 1.79. The van der Waals surface area contributed by atoms with Crippen LogP contribution in [0.3, 0.4) is 0 Å². The Kier molecular flexibility index (Phi) is 10.8. The monoisotopic (exact) mass is 490 g/mol. The van der Waals surface area contributed by atoms with Crippen molar-refractivity contribution >= 4 is 29.9 Å². The van der Waals surface area contributed by atoms with E-state index >= 15 is 0 Å². The number of hydrogen-bond acceptors (Lipinski definition) is 4. The van der Waals surface area contributed by atoms with Crippen LogP contribution < -0.4 is 20.1 Å². The SMILES string of the molecule is CN=C(NCCCN(C(C)C)C(C)C)NCC1COc2ccccc2O1.I. The van der Waals surface area contributed by atoms with Gasteiger partial charge < -0.3 is 20.1 Å². The fourth-order valence-corrected chi connectivity index (χ4v) is 3.18. The van der Waals surface area contributed by atoms with E-state index in [4.69, 9.17) is 9.47 Å². The molecule has 1 aromatic rings. The van der Waals surface area contributed by atoms with Gasteiger partial charge in [0, 0.05) is 32.2 Å². The van der Waals surface area contributed by atoms with Gasteiger partial charge in [-0.25, -0.2) is 0 Å². The Balaban J connectivity index is 0.00000364. The van der Waals surface area contributed by atoms with Crippen molar-refractivity contribution in [3.63, 3.8) is 0 Å². The first-order valence-corrected chi connectivity index (χ1v) is 9.60. The van der Waals surface area contributed by atoms with Gasteiger partial charge in [0.15, 0.2) is 17.5 Å². The predicted octanol–water partition coefficient (Wildman–Crippen LogP) is 3.12. The molecule has 1 aliphatic heterocycles. The number of benzene rings is 1. The number of halogens is 1. The summed E-state index contributed by atoms with van der Waals surface area (Å²) in [5.74, 6) is 2.41. The number of rotatable bonds is 8. The van der Waals surface area contributed by atoms with E-state index in [2.05, 4.69) is 48.2 Å². The number of aliphatic imine (C=N–C) groups is 1. The average molecular weight is 490 g/mol. The minimum Gasteiger partial charge on any atom is -0.486 e. The Hall–Kier alpha value is -1.22. The molecule has 0 saturated heterocycles. The Morgan fingerprint density at radius 3 is 2.44 bits per heavy atom. The van der Waals surface area contributed by atoms with E-state index in [0.29, 0.717) is 25.2 Å². The van der Waals surface area contributed by atoms with Gasteiger partial charge in [0.1, 0.15) is 12.7 Å². The summed E-state index contributed by atoms with van der Waals surface area (Å²) in [5.41, 5.74) is 0. The molecule has 0 bridgehead atoms. The maximum absolute atomic E-state index is 5.96. The molecule has 0 aliphatic carbocycles. The smallest absolute Gasteiger partial charge is 0.191 e. The Morgan fingerprint density at radius 1 is 1.15 bits per heavy atom. The van der Waals surface area contributed by atoms with Crippen LogP contribution in [-0.2, 0) is 0 Å². The van der Waals surface area contributed by atoms with Crippen LogP contribution in [0.25, 0.3) is 0 Å². The molecule has 0 amide bonds. The third-order valence-corrected chi connectivity index (χ3v) is 4.50. The topological polar surface area (TPSA) is 58.1 Å². The molecule has 1 heterocycles. The predicted molar refractivity (Wildman–Crippen MR) is 123 cm³/mol. The molecule has 154 valence electrons. The molecule has 1 aromatic carbocycles. The van der Waals surface area contributed by atoms with Crippen molar-refractivity contribution in [2.24, 2.45) is 4.99 Å². The summed E-state index contributed by atoms with van der Waals surface area (Å²) in [4.78, 5) is 6.79. The highest BCUT2D eigenvalue weighted by Crippen LogP contribution is 2.30. The molecule has 2 N–H and O–H groups in total. The number of nitrogens with one attached hydrogen (secondary N) is 2. The van der Waals surface area contributed by atoms with Crippen LogP contribution in [0.4, 0.5) is 0 Å². The van der Waals surface area contributed by atoms with Crippen LogP contribution in [0.5, 0.6) is 11.5 Å². The summed E-state index contributed by atoms with van der Waals surface area (Å²) >= 11 is 0. The molecule has 1 aliphatic rings. The maximum Gasteiger partial charge on any atom is 0.191 e. The molecule has 7 heteroatoms. The van der Waals surface area contributed by atoms with Crippen LogP contribution in [0, 0.1) is 0 Å². The van der Waals surface area contributed by atoms with Crippen molar-refractivity contribution in [1.82, 2.24) is 15.5 Å². The summed E-state index contributed by atoms with van der Waals surface area (Å²) in [6.07, 6.45) is 1.05. The van der Waals surface area contributed by atoms with Crippen molar-refractivity contribution in [3.8, 4) is 11.5 Å². The van der Waals surface area contributed by atoms with Crippen LogP contribution in [0.2, 0.25) is 0 Å². The van der Waals surface area contributed by atoms with Gasteiger partial charge in [0.2, 0.25) is 0 Å². The zero-order valence-electron chi connectivity index (χ0n) is 17.2. The molecule has 1 atom stereocenters. The maximum atomic E-state index is 5.96. The highest BCUT2D eigenvalue weighted by molar-refractivity contribution is 14.0. The van der Waals surface area contributed by atoms with E-state index in [9.17, 15) is 0 Å². The summed E-state index contributed by atoms with van der Waals surface area (Å²) in [5, 5.41) is 6.70. The number of para-hydroxylation sites is 2. The molecule has 1 unspecified atom stereocenters. The zero-order valence-corrected chi connectivity index (χ0v) is 19.5. The van der Waals surface area contributed by atoms with Gasteiger partial charge in [0.05, 0.1) is 6.54 Å². The molecule has 0 spiro atoms. The van der Waals surface area contributed by atoms with Gasteiger partial charge in [0.25, 0.3) is 0 Å². The molecule has 2 rings (SSSR count). The minimum atomic E-state index is -0.0270. The molecule has 0 radical (unpaired) electrons. The molecule has 0 fully saturated rings. The minimum absolute atomic E-state index is 0. The Morgan fingerprint density at radius 2 is 1.81 bits per heavy atom. The lowest BCUT2D eigenvalue weighted by Gasteiger charge is -2.30. The van der Waals surface area contributed by atoms with Crippen molar-refractivity contribution in [2.75, 3.05) is 33.3 Å². The number of ether oxygens (including phenoxy) is 2.